The molecule has 64 heavy (non-hydrogen) atoms. The molecule has 3 aliphatic carbocycles. The normalized spacial score (nSPS) is 16.6. The summed E-state index contributed by atoms with van der Waals surface area (Å²) in [5.41, 5.74) is 17.9. The average molecular weight is 822 g/mol. The third-order valence-corrected chi connectivity index (χ3v) is 14.1. The van der Waals surface area contributed by atoms with E-state index in [1.54, 1.807) is 0 Å². The standard InChI is InChI=1S/C62H44N2/c1-61(2)54-28-14-11-25-48(54)51-35-33-45(38-57(51)61)64(60-31-17-19-41-18-9-10-24-47(41)60)46-34-37-53-50-27-13-16-30-56(50)62(59(53)40-46)55-29-15-12-26-49(55)52-36-32-44(39-58(52)62)63(42-20-5-3-6-21-42)43-22-7-4-8-23-43/h3-40H,1-2H3/i3D,5D,6D,20D,21D. The predicted octanol–water partition coefficient (Wildman–Crippen LogP) is 16.4. The quantitative estimate of drug-likeness (QED) is 0.165. The van der Waals surface area contributed by atoms with Crippen molar-refractivity contribution in [3.8, 4) is 33.4 Å². The van der Waals surface area contributed by atoms with E-state index in [9.17, 15) is 2.74 Å². The van der Waals surface area contributed by atoms with Gasteiger partial charge in [0.2, 0.25) is 0 Å². The number of hydrogen-bond donors (Lipinski definition) is 0. The van der Waals surface area contributed by atoms with Crippen LogP contribution < -0.4 is 9.80 Å². The van der Waals surface area contributed by atoms with Gasteiger partial charge in [0.25, 0.3) is 0 Å². The fourth-order valence-electron chi connectivity index (χ4n) is 11.4. The van der Waals surface area contributed by atoms with Crippen molar-refractivity contribution in [3.63, 3.8) is 0 Å². The molecule has 1 unspecified atom stereocenters. The summed E-state index contributed by atoms with van der Waals surface area (Å²) in [5, 5.41) is 2.31. The molecule has 2 heteroatoms. The van der Waals surface area contributed by atoms with Gasteiger partial charge in [0.15, 0.2) is 0 Å². The van der Waals surface area contributed by atoms with Crippen LogP contribution in [0.25, 0.3) is 44.2 Å². The van der Waals surface area contributed by atoms with Gasteiger partial charge in [-0.2, -0.15) is 0 Å². The van der Waals surface area contributed by atoms with Gasteiger partial charge in [0.05, 0.1) is 18.0 Å². The molecule has 0 aromatic heterocycles. The van der Waals surface area contributed by atoms with Gasteiger partial charge in [-0.05, 0) is 139 Å². The number of para-hydroxylation sites is 2. The first-order valence-electron chi connectivity index (χ1n) is 24.5. The lowest BCUT2D eigenvalue weighted by Gasteiger charge is -2.33. The van der Waals surface area contributed by atoms with E-state index in [1.165, 1.54) is 33.4 Å². The molecule has 3 aliphatic rings. The molecular weight excluding hydrogens is 773 g/mol. The van der Waals surface area contributed by atoms with Gasteiger partial charge in [0, 0.05) is 39.2 Å². The van der Waals surface area contributed by atoms with Gasteiger partial charge in [-0.3, -0.25) is 0 Å². The molecule has 10 aromatic rings. The molecule has 1 spiro atoms. The fraction of sp³-hybridized carbons (Fsp3) is 0.0645. The van der Waals surface area contributed by atoms with Gasteiger partial charge in [-0.25, -0.2) is 0 Å². The Balaban J connectivity index is 1.08. The third kappa shape index (κ3) is 5.08. The molecule has 0 saturated heterocycles. The Morgan fingerprint density at radius 3 is 1.45 bits per heavy atom. The van der Waals surface area contributed by atoms with Crippen LogP contribution in [0.5, 0.6) is 0 Å². The van der Waals surface area contributed by atoms with Crippen LogP contribution in [0.3, 0.4) is 0 Å². The van der Waals surface area contributed by atoms with E-state index < -0.39 is 11.5 Å². The second-order valence-electron chi connectivity index (χ2n) is 17.7. The molecular formula is C62H44N2. The van der Waals surface area contributed by atoms with E-state index in [0.29, 0.717) is 11.4 Å². The van der Waals surface area contributed by atoms with Crippen LogP contribution in [0.4, 0.5) is 34.1 Å². The Bertz CT molecular complexity index is 3760. The van der Waals surface area contributed by atoms with Crippen molar-refractivity contribution >= 4 is 44.9 Å². The van der Waals surface area contributed by atoms with Crippen LogP contribution >= 0.6 is 0 Å². The number of nitrogens with zero attached hydrogens (tertiary/aromatic N) is 2. The number of benzene rings is 10. The minimum Gasteiger partial charge on any atom is -0.310 e. The Labute approximate surface area is 382 Å². The van der Waals surface area contributed by atoms with E-state index in [-0.39, 0.29) is 35.3 Å². The van der Waals surface area contributed by atoms with E-state index in [0.717, 1.165) is 61.2 Å². The maximum absolute atomic E-state index is 9.21. The molecule has 0 saturated carbocycles. The van der Waals surface area contributed by atoms with E-state index in [1.807, 2.05) is 41.3 Å². The van der Waals surface area contributed by atoms with Crippen LogP contribution in [-0.2, 0) is 10.8 Å². The van der Waals surface area contributed by atoms with E-state index >= 15 is 0 Å². The summed E-state index contributed by atoms with van der Waals surface area (Å²) in [6, 6.07) is 69.7. The molecule has 13 rings (SSSR count). The van der Waals surface area contributed by atoms with Crippen molar-refractivity contribution in [1.82, 2.24) is 0 Å². The SMILES string of the molecule is [2H]c1c([2H])c([2H])c(N(c2ccccc2)c2ccc3c(c2)C2(c4ccccc4-3)c3ccccc3-c3ccc(N(c4ccc5c(c4)C(C)(C)c4ccccc4-5)c4cccc5ccccc45)cc32)c([2H])c1[2H]. The van der Waals surface area contributed by atoms with Crippen LogP contribution in [0.15, 0.2) is 230 Å². The highest BCUT2D eigenvalue weighted by Gasteiger charge is 2.52. The molecule has 1 atom stereocenters. The summed E-state index contributed by atoms with van der Waals surface area (Å²) in [7, 11) is 0. The zero-order chi connectivity index (χ0) is 46.9. The fourth-order valence-corrected chi connectivity index (χ4v) is 11.4. The predicted molar refractivity (Wildman–Crippen MR) is 267 cm³/mol. The lowest BCUT2D eigenvalue weighted by molar-refractivity contribution is 0.660. The van der Waals surface area contributed by atoms with Gasteiger partial charge in [-0.1, -0.05) is 178 Å². The molecule has 0 amide bonds. The van der Waals surface area contributed by atoms with Gasteiger partial charge in [-0.15, -0.1) is 0 Å². The zero-order valence-corrected chi connectivity index (χ0v) is 35.4. The lowest BCUT2D eigenvalue weighted by atomic mass is 9.70. The maximum atomic E-state index is 9.21. The van der Waals surface area contributed by atoms with Gasteiger partial charge >= 0.3 is 0 Å². The van der Waals surface area contributed by atoms with Crippen molar-refractivity contribution in [2.45, 2.75) is 24.7 Å². The molecule has 0 radical (unpaired) electrons. The molecule has 0 N–H and O–H groups in total. The first-order chi connectivity index (χ1) is 33.6. The Morgan fingerprint density at radius 1 is 0.344 bits per heavy atom. The summed E-state index contributed by atoms with van der Waals surface area (Å²) < 4.78 is 44.3. The summed E-state index contributed by atoms with van der Waals surface area (Å²) in [5.74, 6) is 0. The first-order valence-corrected chi connectivity index (χ1v) is 22.0. The molecule has 302 valence electrons. The van der Waals surface area contributed by atoms with Crippen LogP contribution in [0.2, 0.25) is 0 Å². The molecule has 0 aliphatic heterocycles. The van der Waals surface area contributed by atoms with Crippen molar-refractivity contribution in [3.05, 3.63) is 264 Å². The van der Waals surface area contributed by atoms with Crippen molar-refractivity contribution in [2.75, 3.05) is 9.80 Å². The minimum absolute atomic E-state index is 0.0950. The maximum Gasteiger partial charge on any atom is 0.0727 e. The van der Waals surface area contributed by atoms with Gasteiger partial charge in [0.1, 0.15) is 0 Å². The second-order valence-corrected chi connectivity index (χ2v) is 17.7. The number of rotatable bonds is 6. The van der Waals surface area contributed by atoms with Crippen molar-refractivity contribution < 1.29 is 6.85 Å². The monoisotopic (exact) mass is 821 g/mol. The van der Waals surface area contributed by atoms with Crippen LogP contribution in [0.1, 0.15) is 54.1 Å². The highest BCUT2D eigenvalue weighted by molar-refractivity contribution is 6.01. The highest BCUT2D eigenvalue weighted by atomic mass is 15.1. The van der Waals surface area contributed by atoms with Crippen molar-refractivity contribution in [1.29, 1.82) is 0 Å². The summed E-state index contributed by atoms with van der Waals surface area (Å²) >= 11 is 0. The molecule has 0 heterocycles. The minimum atomic E-state index is -0.780. The largest absolute Gasteiger partial charge is 0.310 e. The number of hydrogen-bond acceptors (Lipinski definition) is 2. The topological polar surface area (TPSA) is 6.48 Å². The lowest BCUT2D eigenvalue weighted by Crippen LogP contribution is -2.26. The Morgan fingerprint density at radius 2 is 0.812 bits per heavy atom. The summed E-state index contributed by atoms with van der Waals surface area (Å²) in [6.45, 7) is 4.67. The molecule has 10 aromatic carbocycles. The Hall–Kier alpha value is -7.94. The smallest absolute Gasteiger partial charge is 0.0727 e. The molecule has 0 bridgehead atoms. The number of anilines is 6. The van der Waals surface area contributed by atoms with Crippen LogP contribution in [-0.4, -0.2) is 0 Å². The first kappa shape index (κ1) is 31.8. The number of fused-ring (bicyclic) bond motifs is 14. The van der Waals surface area contributed by atoms with Crippen LogP contribution in [0, 0.1) is 0 Å². The zero-order valence-electron chi connectivity index (χ0n) is 40.4. The van der Waals surface area contributed by atoms with Crippen molar-refractivity contribution in [2.24, 2.45) is 0 Å². The van der Waals surface area contributed by atoms with E-state index in [2.05, 4.69) is 183 Å². The summed E-state index contributed by atoms with van der Waals surface area (Å²) in [4.78, 5) is 4.26. The average Bonchev–Trinajstić information content (AvgIpc) is 3.94. The van der Waals surface area contributed by atoms with E-state index in [4.69, 9.17) is 4.11 Å². The summed E-state index contributed by atoms with van der Waals surface area (Å²) in [6.07, 6.45) is 0. The second kappa shape index (κ2) is 13.8. The Kier molecular flexibility index (Phi) is 6.86. The third-order valence-electron chi connectivity index (χ3n) is 14.1. The van der Waals surface area contributed by atoms with Gasteiger partial charge < -0.3 is 9.80 Å². The molecule has 0 fully saturated rings. The highest BCUT2D eigenvalue weighted by Crippen LogP contribution is 2.64. The molecule has 2 nitrogen and oxygen atoms in total.